The monoisotopic (exact) mass is 292 g/mol. The van der Waals surface area contributed by atoms with Crippen LogP contribution in [0.5, 0.6) is 0 Å². The van der Waals surface area contributed by atoms with Gasteiger partial charge in [-0.2, -0.15) is 9.67 Å². The molecule has 7 heteroatoms. The lowest BCUT2D eigenvalue weighted by atomic mass is 10.3. The van der Waals surface area contributed by atoms with Crippen molar-refractivity contribution in [3.63, 3.8) is 0 Å². The molecule has 2 aromatic heterocycles. The molecule has 104 valence electrons. The molecule has 6 nitrogen and oxygen atoms in total. The zero-order valence-electron chi connectivity index (χ0n) is 10.5. The maximum absolute atomic E-state index is 11.6. The van der Waals surface area contributed by atoms with Gasteiger partial charge in [0, 0.05) is 18.3 Å². The summed E-state index contributed by atoms with van der Waals surface area (Å²) in [5.74, 6) is -0.264. The average molecular weight is 293 g/mol. The number of H-pyrrole nitrogens is 1. The molecular formula is C13H13ClN4O2. The number of carbonyl (C=O) groups excluding carboxylic acids is 1. The molecule has 20 heavy (non-hydrogen) atoms. The molecule has 2 heterocycles. The summed E-state index contributed by atoms with van der Waals surface area (Å²) < 4.78 is 1.72. The highest BCUT2D eigenvalue weighted by atomic mass is 35.5. The van der Waals surface area contributed by atoms with Crippen LogP contribution in [-0.2, 0) is 11.3 Å². The molecule has 0 radical (unpaired) electrons. The highest BCUT2D eigenvalue weighted by Gasteiger charge is 2.06. The van der Waals surface area contributed by atoms with Crippen molar-refractivity contribution in [3.05, 3.63) is 64.8 Å². The van der Waals surface area contributed by atoms with Crippen molar-refractivity contribution in [2.45, 2.75) is 6.54 Å². The Labute approximate surface area is 121 Å². The van der Waals surface area contributed by atoms with Gasteiger partial charge in [-0.1, -0.05) is 6.07 Å². The molecule has 0 atom stereocenters. The first kappa shape index (κ1) is 15.6. The van der Waals surface area contributed by atoms with Crippen LogP contribution >= 0.6 is 0 Å². The van der Waals surface area contributed by atoms with E-state index in [1.165, 1.54) is 12.4 Å². The summed E-state index contributed by atoms with van der Waals surface area (Å²) in [6, 6.07) is 8.83. The van der Waals surface area contributed by atoms with Crippen LogP contribution in [0.1, 0.15) is 5.56 Å². The molecule has 0 aromatic carbocycles. The normalized spacial score (nSPS) is 10.0. The topological polar surface area (TPSA) is 78.2 Å². The van der Waals surface area contributed by atoms with Crippen LogP contribution in [0.4, 0.5) is 0 Å². The Bertz CT molecular complexity index is 640. The number of halogens is 1. The van der Waals surface area contributed by atoms with Crippen LogP contribution in [0.25, 0.3) is 0 Å². The third kappa shape index (κ3) is 4.66. The molecule has 0 spiro atoms. The van der Waals surface area contributed by atoms with E-state index in [0.29, 0.717) is 5.56 Å². The fourth-order valence-electron chi connectivity index (χ4n) is 1.45. The molecule has 0 aliphatic heterocycles. The molecule has 0 unspecified atom stereocenters. The van der Waals surface area contributed by atoms with Crippen molar-refractivity contribution in [3.8, 4) is 0 Å². The zero-order valence-corrected chi connectivity index (χ0v) is 11.2. The minimum Gasteiger partial charge on any atom is -1.00 e. The Morgan fingerprint density at radius 2 is 2.05 bits per heavy atom. The van der Waals surface area contributed by atoms with E-state index in [1.807, 2.05) is 18.2 Å². The number of nitrogens with one attached hydrogen (secondary N) is 2. The minimum atomic E-state index is -0.264. The van der Waals surface area contributed by atoms with Gasteiger partial charge in [-0.3, -0.25) is 9.59 Å². The van der Waals surface area contributed by atoms with Gasteiger partial charge in [0.1, 0.15) is 0 Å². The van der Waals surface area contributed by atoms with E-state index in [0.717, 1.165) is 0 Å². The minimum absolute atomic E-state index is 0. The number of hydrazone groups is 1. The van der Waals surface area contributed by atoms with Crippen molar-refractivity contribution in [2.75, 3.05) is 0 Å². The predicted molar refractivity (Wildman–Crippen MR) is 69.4 cm³/mol. The number of amides is 1. The van der Waals surface area contributed by atoms with E-state index >= 15 is 0 Å². The van der Waals surface area contributed by atoms with Crippen molar-refractivity contribution < 1.29 is 21.8 Å². The summed E-state index contributed by atoms with van der Waals surface area (Å²) in [6.07, 6.45) is 6.41. The third-order valence-corrected chi connectivity index (χ3v) is 2.34. The van der Waals surface area contributed by atoms with E-state index in [-0.39, 0.29) is 30.4 Å². The lowest BCUT2D eigenvalue weighted by molar-refractivity contribution is -0.684. The van der Waals surface area contributed by atoms with Crippen LogP contribution in [0.15, 0.2) is 58.8 Å². The molecule has 2 aromatic rings. The number of nitrogens with zero attached hydrogens (tertiary/aromatic N) is 2. The van der Waals surface area contributed by atoms with Gasteiger partial charge in [0.2, 0.25) is 6.54 Å². The maximum Gasteiger partial charge on any atom is 0.305 e. The van der Waals surface area contributed by atoms with Crippen molar-refractivity contribution in [1.82, 2.24) is 10.4 Å². The second-order valence-electron chi connectivity index (χ2n) is 3.80. The fourth-order valence-corrected chi connectivity index (χ4v) is 1.45. The summed E-state index contributed by atoms with van der Waals surface area (Å²) in [4.78, 5) is 25.4. The lowest BCUT2D eigenvalue weighted by Gasteiger charge is -1.96. The largest absolute Gasteiger partial charge is 1.00 e. The van der Waals surface area contributed by atoms with Crippen molar-refractivity contribution in [1.29, 1.82) is 0 Å². The van der Waals surface area contributed by atoms with Crippen LogP contribution in [0.3, 0.4) is 0 Å². The van der Waals surface area contributed by atoms with E-state index in [2.05, 4.69) is 15.5 Å². The standard InChI is InChI=1S/C13H12N4O2.ClH/c18-12(10-17-7-2-1-3-8-17)16-15-9-11-5-4-6-14-13(11)19;/h1-9H,10H2,(H-,14,15,16,18,19);1H. The van der Waals surface area contributed by atoms with Crippen LogP contribution in [0, 0.1) is 0 Å². The summed E-state index contributed by atoms with van der Waals surface area (Å²) in [6.45, 7) is 0.170. The number of hydrogen-bond donors (Lipinski definition) is 2. The molecule has 0 fully saturated rings. The summed E-state index contributed by atoms with van der Waals surface area (Å²) in [7, 11) is 0. The van der Waals surface area contributed by atoms with Gasteiger partial charge in [0.05, 0.1) is 11.8 Å². The first-order valence-corrected chi connectivity index (χ1v) is 5.69. The van der Waals surface area contributed by atoms with Gasteiger partial charge >= 0.3 is 5.91 Å². The molecular weight excluding hydrogens is 280 g/mol. The van der Waals surface area contributed by atoms with Crippen LogP contribution in [-0.4, -0.2) is 17.1 Å². The van der Waals surface area contributed by atoms with Gasteiger partial charge < -0.3 is 17.4 Å². The van der Waals surface area contributed by atoms with Crippen molar-refractivity contribution >= 4 is 12.1 Å². The Morgan fingerprint density at radius 1 is 1.30 bits per heavy atom. The quantitative estimate of drug-likeness (QED) is 0.354. The summed E-state index contributed by atoms with van der Waals surface area (Å²) in [5.41, 5.74) is 2.50. The molecule has 1 amide bonds. The Balaban J connectivity index is 0.00000200. The maximum atomic E-state index is 11.6. The smallest absolute Gasteiger partial charge is 0.305 e. The zero-order chi connectivity index (χ0) is 13.5. The number of hydrogen-bond acceptors (Lipinski definition) is 3. The van der Waals surface area contributed by atoms with Crippen LogP contribution in [0.2, 0.25) is 0 Å². The van der Waals surface area contributed by atoms with Gasteiger partial charge in [-0.25, -0.2) is 5.43 Å². The van der Waals surface area contributed by atoms with Gasteiger partial charge in [0.15, 0.2) is 12.4 Å². The predicted octanol–water partition coefficient (Wildman–Crippen LogP) is -3.18. The molecule has 0 aliphatic rings. The second kappa shape index (κ2) is 7.85. The molecule has 2 rings (SSSR count). The van der Waals surface area contributed by atoms with E-state index < -0.39 is 0 Å². The fraction of sp³-hybridized carbons (Fsp3) is 0.0769. The summed E-state index contributed by atoms with van der Waals surface area (Å²) >= 11 is 0. The highest BCUT2D eigenvalue weighted by molar-refractivity contribution is 5.81. The number of aromatic nitrogens is 2. The Kier molecular flexibility index (Phi) is 6.12. The molecule has 0 bridgehead atoms. The van der Waals surface area contributed by atoms with E-state index in [9.17, 15) is 9.59 Å². The SMILES string of the molecule is O=C(C[n+]1ccccc1)N/N=C/c1ccc[nH]c1=O.[Cl-]. The Hall–Kier alpha value is -2.47. The first-order chi connectivity index (χ1) is 9.25. The highest BCUT2D eigenvalue weighted by Crippen LogP contribution is 1.83. The summed E-state index contributed by atoms with van der Waals surface area (Å²) in [5, 5.41) is 3.74. The molecule has 0 saturated carbocycles. The molecule has 2 N–H and O–H groups in total. The van der Waals surface area contributed by atoms with Crippen molar-refractivity contribution in [2.24, 2.45) is 5.10 Å². The Morgan fingerprint density at radius 3 is 2.75 bits per heavy atom. The second-order valence-corrected chi connectivity index (χ2v) is 3.80. The van der Waals surface area contributed by atoms with E-state index in [4.69, 9.17) is 0 Å². The van der Waals surface area contributed by atoms with Gasteiger partial charge in [-0.05, 0) is 12.1 Å². The molecule has 0 aliphatic carbocycles. The third-order valence-electron chi connectivity index (χ3n) is 2.34. The average Bonchev–Trinajstić information content (AvgIpc) is 2.42. The molecule has 0 saturated heterocycles. The van der Waals surface area contributed by atoms with Gasteiger partial charge in [-0.15, -0.1) is 0 Å². The van der Waals surface area contributed by atoms with E-state index in [1.54, 1.807) is 29.1 Å². The number of aromatic amines is 1. The number of carbonyl (C=O) groups is 1. The number of rotatable bonds is 4. The van der Waals surface area contributed by atoms with Gasteiger partial charge in [0.25, 0.3) is 5.56 Å². The van der Waals surface area contributed by atoms with Crippen LogP contribution < -0.4 is 28.0 Å². The lowest BCUT2D eigenvalue weighted by Crippen LogP contribution is -3.00. The first-order valence-electron chi connectivity index (χ1n) is 5.69. The number of pyridine rings is 2.